The van der Waals surface area contributed by atoms with Crippen LogP contribution < -0.4 is 26.9 Å². The van der Waals surface area contributed by atoms with Crippen LogP contribution in [0.25, 0.3) is 56.1 Å². The predicted octanol–water partition coefficient (Wildman–Crippen LogP) is 11.1. The monoisotopic (exact) mass is 1090 g/mol. The average molecular weight is 1100 g/mol. The van der Waals surface area contributed by atoms with Crippen LogP contribution in [0.4, 0.5) is 17.1 Å². The zero-order valence-corrected chi connectivity index (χ0v) is 47.3. The van der Waals surface area contributed by atoms with Crippen LogP contribution in [0.5, 0.6) is 5.75 Å². The Hall–Kier alpha value is -6.81. The van der Waals surface area contributed by atoms with Crippen molar-refractivity contribution in [1.29, 1.82) is 0 Å². The van der Waals surface area contributed by atoms with E-state index in [1.165, 1.54) is 18.3 Å². The van der Waals surface area contributed by atoms with Crippen LogP contribution in [0.3, 0.4) is 0 Å². The first-order valence-electron chi connectivity index (χ1n) is 26.1. The van der Waals surface area contributed by atoms with E-state index in [0.717, 1.165) is 104 Å². The van der Waals surface area contributed by atoms with Gasteiger partial charge >= 0.3 is 11.4 Å². The highest BCUT2D eigenvalue weighted by Crippen LogP contribution is 2.43. The average Bonchev–Trinajstić information content (AvgIpc) is 3.93. The number of anilines is 3. The quantitative estimate of drug-likeness (QED) is 0.122. The topological polar surface area (TPSA) is 139 Å². The molecule has 6 heterocycles. The molecule has 14 nitrogen and oxygen atoms in total. The number of hydrogen-bond acceptors (Lipinski definition) is 10. The van der Waals surface area contributed by atoms with Crippen LogP contribution in [-0.2, 0) is 20.5 Å². The molecule has 0 radical (unpaired) electrons. The summed E-state index contributed by atoms with van der Waals surface area (Å²) in [7, 11) is 3.40. The molecule has 2 saturated heterocycles. The second-order valence-electron chi connectivity index (χ2n) is 22.1. The van der Waals surface area contributed by atoms with Crippen molar-refractivity contribution in [3.63, 3.8) is 0 Å². The van der Waals surface area contributed by atoms with Crippen molar-refractivity contribution < 1.29 is 5.11 Å². The maximum Gasteiger partial charge on any atom is 0.332 e. The minimum Gasteiger partial charge on any atom is -0.505 e. The lowest BCUT2D eigenvalue weighted by Crippen LogP contribution is -2.54. The van der Waals surface area contributed by atoms with Crippen LogP contribution in [0.1, 0.15) is 52.4 Å². The molecule has 10 rings (SSSR count). The fourth-order valence-corrected chi connectivity index (χ4v) is 11.6. The Morgan fingerprint density at radius 1 is 0.584 bits per heavy atom. The van der Waals surface area contributed by atoms with Crippen molar-refractivity contribution >= 4 is 51.9 Å². The van der Waals surface area contributed by atoms with Gasteiger partial charge in [-0.15, -0.1) is 0 Å². The Morgan fingerprint density at radius 3 is 1.70 bits per heavy atom. The first kappa shape index (κ1) is 53.6. The van der Waals surface area contributed by atoms with E-state index in [1.54, 1.807) is 44.9 Å². The lowest BCUT2D eigenvalue weighted by Gasteiger charge is -2.45. The second kappa shape index (κ2) is 21.2. The molecule has 3 N–H and O–H groups in total. The van der Waals surface area contributed by atoms with Gasteiger partial charge in [0.2, 0.25) is 0 Å². The summed E-state index contributed by atoms with van der Waals surface area (Å²) in [6.07, 6.45) is 8.23. The lowest BCUT2D eigenvalue weighted by atomic mass is 9.92. The number of nitrogens with zero attached hydrogens (tertiary/aromatic N) is 10. The number of imidazole rings is 2. The van der Waals surface area contributed by atoms with Gasteiger partial charge in [0.05, 0.1) is 32.8 Å². The number of pyridine rings is 2. The molecule has 0 bridgehead atoms. The molecule has 0 amide bonds. The molecule has 0 saturated carbocycles. The fourth-order valence-electron chi connectivity index (χ4n) is 10.9. The summed E-state index contributed by atoms with van der Waals surface area (Å²) in [5.41, 5.74) is 17.6. The number of aromatic nitrogens is 6. The number of aromatic hydroxyl groups is 1. The Labute approximate surface area is 465 Å². The first-order chi connectivity index (χ1) is 36.6. The summed E-state index contributed by atoms with van der Waals surface area (Å²) in [5.74, 6) is 0.0274. The number of aryl methyl sites for hydroxylation is 4. The molecular weight excluding hydrogens is 1030 g/mol. The van der Waals surface area contributed by atoms with Gasteiger partial charge in [-0.05, 0) is 132 Å². The van der Waals surface area contributed by atoms with Gasteiger partial charge in [-0.2, -0.15) is 0 Å². The zero-order valence-electron chi connectivity index (χ0n) is 45.0. The van der Waals surface area contributed by atoms with Crippen molar-refractivity contribution in [3.8, 4) is 61.9 Å². The van der Waals surface area contributed by atoms with Gasteiger partial charge in [0.15, 0.2) is 0 Å². The summed E-state index contributed by atoms with van der Waals surface area (Å²) in [6, 6.07) is 29.4. The summed E-state index contributed by atoms with van der Waals surface area (Å²) in [4.78, 5) is 45.6. The first-order valence-corrected chi connectivity index (χ1v) is 27.3. The zero-order chi connectivity index (χ0) is 54.7. The molecule has 400 valence electrons. The molecule has 2 aliphatic rings. The van der Waals surface area contributed by atoms with Gasteiger partial charge in [-0.1, -0.05) is 59.1 Å². The van der Waals surface area contributed by atoms with Crippen LogP contribution in [0, 0.1) is 6.92 Å². The molecule has 2 aliphatic heterocycles. The maximum absolute atomic E-state index is 12.9. The Morgan fingerprint density at radius 2 is 1.14 bits per heavy atom. The van der Waals surface area contributed by atoms with Gasteiger partial charge in [-0.3, -0.25) is 23.9 Å². The van der Waals surface area contributed by atoms with E-state index < -0.39 is 0 Å². The summed E-state index contributed by atoms with van der Waals surface area (Å²) in [6.45, 7) is 20.2. The third-order valence-corrected chi connectivity index (χ3v) is 16.3. The van der Waals surface area contributed by atoms with E-state index in [-0.39, 0.29) is 28.2 Å². The van der Waals surface area contributed by atoms with Crippen molar-refractivity contribution in [2.45, 2.75) is 65.5 Å². The highest BCUT2D eigenvalue weighted by molar-refractivity contribution is 6.33. The Kier molecular flexibility index (Phi) is 14.8. The lowest BCUT2D eigenvalue weighted by molar-refractivity contribution is 0.104. The molecule has 4 aromatic carbocycles. The number of rotatable bonds is 12. The van der Waals surface area contributed by atoms with Crippen molar-refractivity contribution in [2.24, 2.45) is 14.1 Å². The highest BCUT2D eigenvalue weighted by Gasteiger charge is 2.32. The summed E-state index contributed by atoms with van der Waals surface area (Å²) in [5, 5.41) is 13.7. The van der Waals surface area contributed by atoms with E-state index in [4.69, 9.17) is 50.5 Å². The number of piperazine rings is 2. The minimum absolute atomic E-state index is 0.0274. The summed E-state index contributed by atoms with van der Waals surface area (Å²) >= 11 is 20.7. The van der Waals surface area contributed by atoms with Crippen LogP contribution in [0.2, 0.25) is 15.1 Å². The molecule has 77 heavy (non-hydrogen) atoms. The molecule has 0 spiro atoms. The van der Waals surface area contributed by atoms with E-state index in [0.29, 0.717) is 61.1 Å². The third-order valence-electron chi connectivity index (χ3n) is 15.5. The second-order valence-corrected chi connectivity index (χ2v) is 23.3. The van der Waals surface area contributed by atoms with Gasteiger partial charge in [0, 0.05) is 152 Å². The van der Waals surface area contributed by atoms with Gasteiger partial charge in [0.1, 0.15) is 11.4 Å². The van der Waals surface area contributed by atoms with Gasteiger partial charge in [0.25, 0.3) is 0 Å². The Balaban J connectivity index is 0.879. The molecule has 0 atom stereocenters. The standard InChI is InChI=1S/C60H66Cl3N11O3/c1-38-30-47(39-12-14-51(49(62)34-39)73-28-18-67(7)57(73)76)53(64)54(65-38)41-10-9-11-45(32-41)69-22-26-72(27-23-69)60(5,6)17-16-44-37-48(40-13-15-52(50(63)35-40)74-29-19-68(8)58(74)77)56(75)55(66-44)42-31-43(61)36-46(33-42)70-20-24-71(25-21-70)59(2,3)4/h9-15,18-19,28-37,75H,16-17,20-27,64H2,1-8H3. The number of hydrogen-bond donors (Lipinski definition) is 2. The van der Waals surface area contributed by atoms with E-state index in [2.05, 4.69) is 78.5 Å². The Bertz CT molecular complexity index is 3650. The predicted molar refractivity (Wildman–Crippen MR) is 315 cm³/mol. The molecule has 0 unspecified atom stereocenters. The SMILES string of the molecule is Cc1cc(-c2ccc(-n3ccn(C)c3=O)c(Cl)c2)c(N)c(-c2cccc(N3CCN(C(C)(C)CCc4cc(-c5ccc(-n6ccn(C)c6=O)c(Cl)c5)c(O)c(-c5cc(Cl)cc(N6CCN(C(C)(C)C)CC6)c5)n4)CC3)c2)n1. The largest absolute Gasteiger partial charge is 0.505 e. The van der Waals surface area contributed by atoms with Gasteiger partial charge in [-0.25, -0.2) is 14.6 Å². The van der Waals surface area contributed by atoms with Crippen molar-refractivity contribution in [1.82, 2.24) is 38.0 Å². The van der Waals surface area contributed by atoms with Crippen LogP contribution in [0.15, 0.2) is 125 Å². The smallest absolute Gasteiger partial charge is 0.332 e. The fraction of sp³-hybridized carbons (Fsp3) is 0.333. The van der Waals surface area contributed by atoms with E-state index >= 15 is 0 Å². The minimum atomic E-state index is -0.210. The molecule has 4 aromatic heterocycles. The number of benzene rings is 4. The number of halogens is 3. The molecule has 17 heteroatoms. The van der Waals surface area contributed by atoms with Crippen LogP contribution >= 0.6 is 34.8 Å². The highest BCUT2D eigenvalue weighted by atomic mass is 35.5. The third kappa shape index (κ3) is 10.9. The van der Waals surface area contributed by atoms with Gasteiger partial charge < -0.3 is 29.8 Å². The molecular formula is C60H66Cl3N11O3. The molecule has 2 fully saturated rings. The van der Waals surface area contributed by atoms with Crippen LogP contribution in [-0.4, -0.2) is 107 Å². The molecule has 0 aliphatic carbocycles. The van der Waals surface area contributed by atoms with E-state index in [9.17, 15) is 14.7 Å². The molecule has 8 aromatic rings. The normalized spacial score (nSPS) is 14.9. The number of nitrogens with two attached hydrogens (primary N) is 1. The van der Waals surface area contributed by atoms with E-state index in [1.807, 2.05) is 67.6 Å². The van der Waals surface area contributed by atoms with Crippen molar-refractivity contribution in [2.75, 3.05) is 67.9 Å². The maximum atomic E-state index is 12.9. The number of nitrogen functional groups attached to an aromatic ring is 1. The van der Waals surface area contributed by atoms with Crippen molar-refractivity contribution in [3.05, 3.63) is 163 Å². The summed E-state index contributed by atoms with van der Waals surface area (Å²) < 4.78 is 6.04.